The fourth-order valence-corrected chi connectivity index (χ4v) is 3.87. The standard InChI is InChI=1S/C32H45N3O7/c1-32(2,3)42-31(39)35-27(19-12-14-22-34-30(38)41-24-26-17-9-5-10-18-26)29(37)33-21-13-6-11-20-28(36)40-23-25-15-7-4-8-16-25/h4-5,7-10,15-18,27H,6,11-14,19-24H2,1-3H3,(H,33,37)(H,34,38)(H,35,39)/t27-/m0/s1. The van der Waals surface area contributed by atoms with Gasteiger partial charge in [-0.25, -0.2) is 9.59 Å². The lowest BCUT2D eigenvalue weighted by Gasteiger charge is -2.23. The summed E-state index contributed by atoms with van der Waals surface area (Å²) in [6.45, 7) is 6.50. The Morgan fingerprint density at radius 3 is 1.88 bits per heavy atom. The van der Waals surface area contributed by atoms with Crippen LogP contribution in [0, 0.1) is 0 Å². The van der Waals surface area contributed by atoms with Gasteiger partial charge in [0, 0.05) is 19.5 Å². The van der Waals surface area contributed by atoms with E-state index < -0.39 is 23.8 Å². The lowest BCUT2D eigenvalue weighted by Crippen LogP contribution is -2.48. The number of esters is 1. The van der Waals surface area contributed by atoms with Gasteiger partial charge < -0.3 is 30.2 Å². The number of ether oxygens (including phenoxy) is 3. The van der Waals surface area contributed by atoms with Crippen LogP contribution in [0.3, 0.4) is 0 Å². The van der Waals surface area contributed by atoms with Crippen molar-refractivity contribution in [3.05, 3.63) is 71.8 Å². The monoisotopic (exact) mass is 583 g/mol. The molecule has 0 aromatic heterocycles. The molecular weight excluding hydrogens is 538 g/mol. The SMILES string of the molecule is CC(C)(C)OC(=O)N[C@@H](CCCCNC(=O)OCc1ccccc1)C(=O)NCCCCCC(=O)OCc1ccccc1. The molecule has 3 amide bonds. The molecule has 0 saturated heterocycles. The van der Waals surface area contributed by atoms with Crippen molar-refractivity contribution >= 4 is 24.1 Å². The quantitative estimate of drug-likeness (QED) is 0.129. The van der Waals surface area contributed by atoms with Crippen LogP contribution in [0.1, 0.15) is 76.8 Å². The van der Waals surface area contributed by atoms with Gasteiger partial charge in [-0.2, -0.15) is 0 Å². The first-order chi connectivity index (χ1) is 20.1. The average molecular weight is 584 g/mol. The van der Waals surface area contributed by atoms with Crippen molar-refractivity contribution < 1.29 is 33.4 Å². The summed E-state index contributed by atoms with van der Waals surface area (Å²) in [5.41, 5.74) is 1.15. The number of hydrogen-bond donors (Lipinski definition) is 3. The van der Waals surface area contributed by atoms with Crippen molar-refractivity contribution in [2.24, 2.45) is 0 Å². The van der Waals surface area contributed by atoms with E-state index in [-0.39, 0.29) is 25.1 Å². The molecule has 10 heteroatoms. The van der Waals surface area contributed by atoms with Gasteiger partial charge in [-0.3, -0.25) is 9.59 Å². The van der Waals surface area contributed by atoms with Crippen LogP contribution < -0.4 is 16.0 Å². The van der Waals surface area contributed by atoms with Crippen molar-refractivity contribution in [2.45, 2.75) is 90.6 Å². The Morgan fingerprint density at radius 2 is 1.26 bits per heavy atom. The second-order valence-corrected chi connectivity index (χ2v) is 10.9. The Balaban J connectivity index is 1.65. The van der Waals surface area contributed by atoms with Gasteiger partial charge in [-0.1, -0.05) is 67.1 Å². The lowest BCUT2D eigenvalue weighted by molar-refractivity contribution is -0.145. The largest absolute Gasteiger partial charge is 0.461 e. The van der Waals surface area contributed by atoms with Crippen LogP contribution in [-0.4, -0.2) is 48.8 Å². The summed E-state index contributed by atoms with van der Waals surface area (Å²) in [7, 11) is 0. The normalized spacial score (nSPS) is 11.6. The highest BCUT2D eigenvalue weighted by Gasteiger charge is 2.24. The maximum atomic E-state index is 12.9. The summed E-state index contributed by atoms with van der Waals surface area (Å²) in [6.07, 6.45) is 2.78. The first-order valence-electron chi connectivity index (χ1n) is 14.5. The number of carbonyl (C=O) groups is 4. The minimum absolute atomic E-state index is 0.188. The van der Waals surface area contributed by atoms with Gasteiger partial charge in [0.2, 0.25) is 5.91 Å². The third-order valence-corrected chi connectivity index (χ3v) is 6.01. The zero-order chi connectivity index (χ0) is 30.6. The Kier molecular flexibility index (Phi) is 15.5. The zero-order valence-corrected chi connectivity index (χ0v) is 25.0. The van der Waals surface area contributed by atoms with Crippen molar-refractivity contribution in [3.8, 4) is 0 Å². The number of amides is 3. The molecule has 0 aliphatic rings. The second kappa shape index (κ2) is 19.1. The van der Waals surface area contributed by atoms with Crippen LogP contribution in [0.2, 0.25) is 0 Å². The van der Waals surface area contributed by atoms with Crippen molar-refractivity contribution in [1.82, 2.24) is 16.0 Å². The molecule has 0 aliphatic carbocycles. The predicted octanol–water partition coefficient (Wildman–Crippen LogP) is 5.40. The van der Waals surface area contributed by atoms with Crippen molar-refractivity contribution in [3.63, 3.8) is 0 Å². The van der Waals surface area contributed by atoms with Crippen LogP contribution in [0.25, 0.3) is 0 Å². The van der Waals surface area contributed by atoms with E-state index in [0.29, 0.717) is 51.6 Å². The van der Waals surface area contributed by atoms with Crippen molar-refractivity contribution in [2.75, 3.05) is 13.1 Å². The summed E-state index contributed by atoms with van der Waals surface area (Å²) in [6, 6.07) is 18.1. The summed E-state index contributed by atoms with van der Waals surface area (Å²) >= 11 is 0. The van der Waals surface area contributed by atoms with Gasteiger partial charge >= 0.3 is 18.2 Å². The Hall–Kier alpha value is -4.08. The summed E-state index contributed by atoms with van der Waals surface area (Å²) in [5.74, 6) is -0.554. The van der Waals surface area contributed by atoms with Crippen LogP contribution in [0.4, 0.5) is 9.59 Å². The number of alkyl carbamates (subject to hydrolysis) is 2. The molecule has 2 aromatic rings. The van der Waals surface area contributed by atoms with E-state index >= 15 is 0 Å². The maximum absolute atomic E-state index is 12.9. The van der Waals surface area contributed by atoms with Gasteiger partial charge in [-0.15, -0.1) is 0 Å². The fourth-order valence-electron chi connectivity index (χ4n) is 3.87. The smallest absolute Gasteiger partial charge is 0.408 e. The highest BCUT2D eigenvalue weighted by molar-refractivity contribution is 5.85. The Morgan fingerprint density at radius 1 is 0.690 bits per heavy atom. The summed E-state index contributed by atoms with van der Waals surface area (Å²) in [5, 5.41) is 8.22. The number of hydrogen-bond acceptors (Lipinski definition) is 7. The second-order valence-electron chi connectivity index (χ2n) is 10.9. The van der Waals surface area contributed by atoms with E-state index in [1.165, 1.54) is 0 Å². The molecule has 0 spiro atoms. The molecule has 42 heavy (non-hydrogen) atoms. The molecule has 0 heterocycles. The summed E-state index contributed by atoms with van der Waals surface area (Å²) < 4.78 is 15.8. The third kappa shape index (κ3) is 16.2. The van der Waals surface area contributed by atoms with E-state index in [2.05, 4.69) is 16.0 Å². The molecule has 0 radical (unpaired) electrons. The highest BCUT2D eigenvalue weighted by atomic mass is 16.6. The molecule has 230 valence electrons. The topological polar surface area (TPSA) is 132 Å². The molecule has 10 nitrogen and oxygen atoms in total. The number of rotatable bonds is 17. The maximum Gasteiger partial charge on any atom is 0.408 e. The minimum atomic E-state index is -0.780. The minimum Gasteiger partial charge on any atom is -0.461 e. The highest BCUT2D eigenvalue weighted by Crippen LogP contribution is 2.09. The van der Waals surface area contributed by atoms with Gasteiger partial charge in [-0.05, 0) is 64.0 Å². The first kappa shape index (κ1) is 34.1. The molecule has 2 rings (SSSR count). The van der Waals surface area contributed by atoms with Crippen LogP contribution in [-0.2, 0) is 37.0 Å². The van der Waals surface area contributed by atoms with Gasteiger partial charge in [0.05, 0.1) is 0 Å². The molecule has 0 bridgehead atoms. The molecule has 1 atom stereocenters. The molecule has 0 saturated carbocycles. The van der Waals surface area contributed by atoms with Crippen LogP contribution in [0.15, 0.2) is 60.7 Å². The third-order valence-electron chi connectivity index (χ3n) is 6.01. The fraction of sp³-hybridized carbons (Fsp3) is 0.500. The Labute approximate surface area is 248 Å². The molecular formula is C32H45N3O7. The van der Waals surface area contributed by atoms with Gasteiger partial charge in [0.1, 0.15) is 24.9 Å². The zero-order valence-electron chi connectivity index (χ0n) is 25.0. The molecule has 3 N–H and O–H groups in total. The number of carbonyl (C=O) groups excluding carboxylic acids is 4. The molecule has 0 aliphatic heterocycles. The van der Waals surface area contributed by atoms with Crippen LogP contribution in [0.5, 0.6) is 0 Å². The lowest BCUT2D eigenvalue weighted by atomic mass is 10.1. The van der Waals surface area contributed by atoms with Crippen LogP contribution >= 0.6 is 0 Å². The van der Waals surface area contributed by atoms with E-state index in [9.17, 15) is 19.2 Å². The molecule has 2 aromatic carbocycles. The number of benzene rings is 2. The van der Waals surface area contributed by atoms with E-state index in [1.54, 1.807) is 20.8 Å². The van der Waals surface area contributed by atoms with E-state index in [4.69, 9.17) is 14.2 Å². The molecule has 0 unspecified atom stereocenters. The Bertz CT molecular complexity index is 1090. The van der Waals surface area contributed by atoms with Crippen molar-refractivity contribution in [1.29, 1.82) is 0 Å². The van der Waals surface area contributed by atoms with Gasteiger partial charge in [0.15, 0.2) is 0 Å². The van der Waals surface area contributed by atoms with E-state index in [1.807, 2.05) is 60.7 Å². The predicted molar refractivity (Wildman–Crippen MR) is 159 cm³/mol. The van der Waals surface area contributed by atoms with E-state index in [0.717, 1.165) is 17.5 Å². The first-order valence-corrected chi connectivity index (χ1v) is 14.5. The van der Waals surface area contributed by atoms with Gasteiger partial charge in [0.25, 0.3) is 0 Å². The number of unbranched alkanes of at least 4 members (excludes halogenated alkanes) is 3. The average Bonchev–Trinajstić information content (AvgIpc) is 2.96. The molecule has 0 fully saturated rings. The summed E-state index contributed by atoms with van der Waals surface area (Å²) in [4.78, 5) is 49.1. The number of nitrogens with one attached hydrogen (secondary N) is 3.